The van der Waals surface area contributed by atoms with Crippen LogP contribution in [0.15, 0.2) is 48.7 Å². The van der Waals surface area contributed by atoms with Crippen molar-refractivity contribution in [2.75, 3.05) is 0 Å². The molecule has 0 saturated heterocycles. The van der Waals surface area contributed by atoms with Gasteiger partial charge in [0.15, 0.2) is 0 Å². The molecule has 108 valence electrons. The number of hydrogen-bond acceptors (Lipinski definition) is 3. The maximum atomic E-state index is 13.4. The second kappa shape index (κ2) is 7.14. The highest BCUT2D eigenvalue weighted by Gasteiger charge is 2.09. The third-order valence-corrected chi connectivity index (χ3v) is 2.79. The molecule has 0 aliphatic carbocycles. The van der Waals surface area contributed by atoms with Crippen LogP contribution >= 0.6 is 0 Å². The van der Waals surface area contributed by atoms with E-state index in [-0.39, 0.29) is 24.4 Å². The zero-order valence-electron chi connectivity index (χ0n) is 11.2. The zero-order chi connectivity index (χ0) is 15.1. The number of pyridine rings is 1. The first-order valence-electron chi connectivity index (χ1n) is 6.40. The topological polar surface area (TPSA) is 71.1 Å². The molecule has 0 radical (unpaired) electrons. The highest BCUT2D eigenvalue weighted by Crippen LogP contribution is 2.08. The summed E-state index contributed by atoms with van der Waals surface area (Å²) >= 11 is 0. The molecule has 0 aliphatic rings. The van der Waals surface area contributed by atoms with Crippen LogP contribution in [0.2, 0.25) is 0 Å². The van der Waals surface area contributed by atoms with E-state index in [1.54, 1.807) is 30.3 Å². The van der Waals surface area contributed by atoms with Crippen LogP contribution in [0.25, 0.3) is 0 Å². The van der Waals surface area contributed by atoms with Gasteiger partial charge in [0, 0.05) is 12.6 Å². The second-order valence-electron chi connectivity index (χ2n) is 4.31. The second-order valence-corrected chi connectivity index (χ2v) is 4.31. The minimum atomic E-state index is -0.505. The van der Waals surface area contributed by atoms with Crippen molar-refractivity contribution in [3.05, 3.63) is 65.7 Å². The number of nitrogens with zero attached hydrogens (tertiary/aromatic N) is 1. The molecule has 1 heterocycles. The molecule has 0 fully saturated rings. The molecule has 0 aliphatic heterocycles. The van der Waals surface area contributed by atoms with E-state index < -0.39 is 11.8 Å². The van der Waals surface area contributed by atoms with Gasteiger partial charge in [-0.05, 0) is 30.2 Å². The van der Waals surface area contributed by atoms with Crippen LogP contribution in [0, 0.1) is 5.82 Å². The van der Waals surface area contributed by atoms with Gasteiger partial charge in [0.25, 0.3) is 5.91 Å². The smallest absolute Gasteiger partial charge is 0.273 e. The van der Waals surface area contributed by atoms with Crippen LogP contribution in [-0.4, -0.2) is 16.8 Å². The quantitative estimate of drug-likeness (QED) is 0.839. The Morgan fingerprint density at radius 2 is 1.81 bits per heavy atom. The summed E-state index contributed by atoms with van der Waals surface area (Å²) in [6.45, 7) is 0. The van der Waals surface area contributed by atoms with E-state index in [0.29, 0.717) is 5.56 Å². The number of nitrogens with one attached hydrogen (secondary N) is 2. The predicted molar refractivity (Wildman–Crippen MR) is 74.6 cm³/mol. The minimum Gasteiger partial charge on any atom is -0.273 e. The van der Waals surface area contributed by atoms with Gasteiger partial charge < -0.3 is 0 Å². The Morgan fingerprint density at radius 3 is 2.52 bits per heavy atom. The summed E-state index contributed by atoms with van der Waals surface area (Å²) in [5.74, 6) is -1.25. The number of benzene rings is 1. The Labute approximate surface area is 121 Å². The zero-order valence-corrected chi connectivity index (χ0v) is 11.2. The summed E-state index contributed by atoms with van der Waals surface area (Å²) < 4.78 is 13.4. The summed E-state index contributed by atoms with van der Waals surface area (Å²) in [7, 11) is 0. The summed E-state index contributed by atoms with van der Waals surface area (Å²) in [6.07, 6.45) is 1.82. The molecule has 0 bridgehead atoms. The summed E-state index contributed by atoms with van der Waals surface area (Å²) in [5, 5.41) is 0. The maximum Gasteiger partial charge on any atom is 0.288 e. The van der Waals surface area contributed by atoms with E-state index >= 15 is 0 Å². The van der Waals surface area contributed by atoms with Crippen molar-refractivity contribution < 1.29 is 14.0 Å². The molecule has 0 atom stereocenters. The highest BCUT2D eigenvalue weighted by atomic mass is 19.1. The number of aryl methyl sites for hydroxylation is 1. The number of carbonyl (C=O) groups excluding carboxylic acids is 2. The average molecular weight is 287 g/mol. The Bertz CT molecular complexity index is 632. The summed E-state index contributed by atoms with van der Waals surface area (Å²) in [6, 6.07) is 11.1. The molecule has 21 heavy (non-hydrogen) atoms. The molecule has 0 unspecified atom stereocenters. The van der Waals surface area contributed by atoms with Crippen LogP contribution in [0.3, 0.4) is 0 Å². The number of rotatable bonds is 4. The lowest BCUT2D eigenvalue weighted by Crippen LogP contribution is -2.42. The van der Waals surface area contributed by atoms with E-state index in [0.717, 1.165) is 0 Å². The molecule has 0 spiro atoms. The first-order valence-corrected chi connectivity index (χ1v) is 6.40. The Kier molecular flexibility index (Phi) is 4.98. The van der Waals surface area contributed by atoms with E-state index in [4.69, 9.17) is 0 Å². The molecule has 2 N–H and O–H groups in total. The first-order chi connectivity index (χ1) is 10.2. The van der Waals surface area contributed by atoms with Crippen molar-refractivity contribution in [1.29, 1.82) is 0 Å². The van der Waals surface area contributed by atoms with Gasteiger partial charge in [-0.25, -0.2) is 4.39 Å². The van der Waals surface area contributed by atoms with E-state index in [1.807, 2.05) is 0 Å². The molecule has 0 saturated carbocycles. The van der Waals surface area contributed by atoms with Crippen molar-refractivity contribution >= 4 is 11.8 Å². The lowest BCUT2D eigenvalue weighted by molar-refractivity contribution is -0.121. The van der Waals surface area contributed by atoms with Crippen molar-refractivity contribution in [3.8, 4) is 0 Å². The van der Waals surface area contributed by atoms with Crippen LogP contribution in [0.1, 0.15) is 22.5 Å². The number of aromatic nitrogens is 1. The Hall–Kier alpha value is -2.76. The lowest BCUT2D eigenvalue weighted by Gasteiger charge is -2.07. The first kappa shape index (κ1) is 14.6. The monoisotopic (exact) mass is 287 g/mol. The predicted octanol–water partition coefficient (Wildman–Crippen LogP) is 1.61. The standard InChI is InChI=1S/C15H14FN3O2/c16-12-6-2-1-5-11(12)8-9-14(20)18-19-15(21)13-7-3-4-10-17-13/h1-7,10H,8-9H2,(H,18,20)(H,19,21). The third-order valence-electron chi connectivity index (χ3n) is 2.79. The number of hydrazine groups is 1. The summed E-state index contributed by atoms with van der Waals surface area (Å²) in [5.41, 5.74) is 5.19. The van der Waals surface area contributed by atoms with Gasteiger partial charge in [-0.1, -0.05) is 24.3 Å². The molecule has 2 rings (SSSR count). The number of hydrogen-bond donors (Lipinski definition) is 2. The highest BCUT2D eigenvalue weighted by molar-refractivity contribution is 5.93. The molecular weight excluding hydrogens is 273 g/mol. The third kappa shape index (κ3) is 4.38. The van der Waals surface area contributed by atoms with Gasteiger partial charge in [0.2, 0.25) is 5.91 Å². The molecule has 1 aromatic carbocycles. The average Bonchev–Trinajstić information content (AvgIpc) is 2.52. The van der Waals surface area contributed by atoms with E-state index in [1.165, 1.54) is 18.3 Å². The maximum absolute atomic E-state index is 13.4. The van der Waals surface area contributed by atoms with Crippen LogP contribution in [0.5, 0.6) is 0 Å². The Balaban J connectivity index is 1.78. The lowest BCUT2D eigenvalue weighted by atomic mass is 10.1. The number of halogens is 1. The fraction of sp³-hybridized carbons (Fsp3) is 0.133. The SMILES string of the molecule is O=C(CCc1ccccc1F)NNC(=O)c1ccccn1. The minimum absolute atomic E-state index is 0.0728. The molecular formula is C15H14FN3O2. The fourth-order valence-corrected chi connectivity index (χ4v) is 1.70. The summed E-state index contributed by atoms with van der Waals surface area (Å²) in [4.78, 5) is 27.1. The molecule has 1 aromatic heterocycles. The van der Waals surface area contributed by atoms with E-state index in [2.05, 4.69) is 15.8 Å². The van der Waals surface area contributed by atoms with Gasteiger partial charge in [-0.2, -0.15) is 0 Å². The normalized spacial score (nSPS) is 9.95. The Morgan fingerprint density at radius 1 is 1.05 bits per heavy atom. The van der Waals surface area contributed by atoms with Crippen molar-refractivity contribution in [3.63, 3.8) is 0 Å². The number of carbonyl (C=O) groups is 2. The largest absolute Gasteiger partial charge is 0.288 e. The van der Waals surface area contributed by atoms with Crippen LogP contribution in [0.4, 0.5) is 4.39 Å². The van der Waals surface area contributed by atoms with Gasteiger partial charge >= 0.3 is 0 Å². The van der Waals surface area contributed by atoms with Gasteiger partial charge in [-0.3, -0.25) is 25.4 Å². The molecule has 6 heteroatoms. The molecule has 5 nitrogen and oxygen atoms in total. The van der Waals surface area contributed by atoms with Gasteiger partial charge in [0.05, 0.1) is 0 Å². The number of amides is 2. The van der Waals surface area contributed by atoms with Crippen molar-refractivity contribution in [1.82, 2.24) is 15.8 Å². The van der Waals surface area contributed by atoms with Gasteiger partial charge in [0.1, 0.15) is 11.5 Å². The molecule has 2 amide bonds. The van der Waals surface area contributed by atoms with Crippen LogP contribution in [-0.2, 0) is 11.2 Å². The van der Waals surface area contributed by atoms with Crippen molar-refractivity contribution in [2.45, 2.75) is 12.8 Å². The van der Waals surface area contributed by atoms with Crippen LogP contribution < -0.4 is 10.9 Å². The van der Waals surface area contributed by atoms with Gasteiger partial charge in [-0.15, -0.1) is 0 Å². The van der Waals surface area contributed by atoms with E-state index in [9.17, 15) is 14.0 Å². The van der Waals surface area contributed by atoms with Crippen molar-refractivity contribution in [2.24, 2.45) is 0 Å². The fourth-order valence-electron chi connectivity index (χ4n) is 1.70. The molecule has 2 aromatic rings.